The summed E-state index contributed by atoms with van der Waals surface area (Å²) in [7, 11) is 0. The van der Waals surface area contributed by atoms with Gasteiger partial charge in [0.2, 0.25) is 0 Å². The summed E-state index contributed by atoms with van der Waals surface area (Å²) in [4.78, 5) is 37.3. The first kappa shape index (κ1) is 19.2. The van der Waals surface area contributed by atoms with Crippen molar-refractivity contribution < 1.29 is 23.9 Å². The second-order valence-electron chi connectivity index (χ2n) is 5.70. The lowest BCUT2D eigenvalue weighted by atomic mass is 9.95. The fourth-order valence-corrected chi connectivity index (χ4v) is 3.97. The normalized spacial score (nSPS) is 14.7. The fourth-order valence-electron chi connectivity index (χ4n) is 2.69. The van der Waals surface area contributed by atoms with Crippen LogP contribution < -0.4 is 5.32 Å². The number of hydrogen-bond acceptors (Lipinski definition) is 6. The van der Waals surface area contributed by atoms with Gasteiger partial charge in [0.25, 0.3) is 5.91 Å². The third kappa shape index (κ3) is 4.69. The van der Waals surface area contributed by atoms with Gasteiger partial charge in [-0.1, -0.05) is 6.08 Å². The smallest absolute Gasteiger partial charge is 0.341 e. The third-order valence-electron chi connectivity index (χ3n) is 3.85. The average Bonchev–Trinajstić information content (AvgIpc) is 2.92. The first-order chi connectivity index (χ1) is 12.0. The topological polar surface area (TPSA) is 81.7 Å². The van der Waals surface area contributed by atoms with E-state index in [1.807, 2.05) is 0 Å². The van der Waals surface area contributed by atoms with Crippen molar-refractivity contribution in [3.63, 3.8) is 0 Å². The number of nitrogens with one attached hydrogen (secondary N) is 1. The lowest BCUT2D eigenvalue weighted by molar-refractivity contribution is -0.148. The Morgan fingerprint density at radius 1 is 1.28 bits per heavy atom. The monoisotopic (exact) mass is 365 g/mol. The molecule has 0 saturated heterocycles. The van der Waals surface area contributed by atoms with E-state index in [1.54, 1.807) is 19.9 Å². The SMILES string of the molecule is C/C=C\C(=O)O[C@@H](C)C(=O)Nc1sc2c(c1C(=O)OCC)CCCC2. The molecule has 1 heterocycles. The van der Waals surface area contributed by atoms with Gasteiger partial charge in [0.1, 0.15) is 5.00 Å². The van der Waals surface area contributed by atoms with E-state index in [0.29, 0.717) is 10.6 Å². The summed E-state index contributed by atoms with van der Waals surface area (Å²) in [5.41, 5.74) is 1.42. The Bertz CT molecular complexity index is 692. The molecular formula is C18H23NO5S. The van der Waals surface area contributed by atoms with Crippen LogP contribution in [0.2, 0.25) is 0 Å². The van der Waals surface area contributed by atoms with Crippen LogP contribution in [0.4, 0.5) is 5.00 Å². The molecular weight excluding hydrogens is 342 g/mol. The minimum atomic E-state index is -0.960. The molecule has 0 aliphatic heterocycles. The Labute approximate surface area is 151 Å². The van der Waals surface area contributed by atoms with E-state index in [4.69, 9.17) is 9.47 Å². The van der Waals surface area contributed by atoms with Crippen LogP contribution in [-0.4, -0.2) is 30.6 Å². The summed E-state index contributed by atoms with van der Waals surface area (Å²) < 4.78 is 10.2. The number of amides is 1. The van der Waals surface area contributed by atoms with E-state index in [2.05, 4.69) is 5.32 Å². The highest BCUT2D eigenvalue weighted by Gasteiger charge is 2.28. The molecule has 7 heteroatoms. The predicted octanol–water partition coefficient (Wildman–Crippen LogP) is 3.25. The van der Waals surface area contributed by atoms with E-state index in [0.717, 1.165) is 36.1 Å². The van der Waals surface area contributed by atoms with Crippen LogP contribution in [0.15, 0.2) is 12.2 Å². The molecule has 0 unspecified atom stereocenters. The Hall–Kier alpha value is -2.15. The molecule has 1 aromatic rings. The molecule has 0 fully saturated rings. The Morgan fingerprint density at radius 2 is 2.00 bits per heavy atom. The molecule has 2 rings (SSSR count). The van der Waals surface area contributed by atoms with Crippen LogP contribution >= 0.6 is 11.3 Å². The third-order valence-corrected chi connectivity index (χ3v) is 5.06. The molecule has 136 valence electrons. The van der Waals surface area contributed by atoms with E-state index >= 15 is 0 Å². The van der Waals surface area contributed by atoms with E-state index in [-0.39, 0.29) is 6.61 Å². The molecule has 1 aliphatic carbocycles. The van der Waals surface area contributed by atoms with E-state index in [1.165, 1.54) is 24.3 Å². The first-order valence-corrected chi connectivity index (χ1v) is 9.25. The predicted molar refractivity (Wildman–Crippen MR) is 95.9 cm³/mol. The summed E-state index contributed by atoms with van der Waals surface area (Å²) in [6.07, 6.45) is 5.62. The van der Waals surface area contributed by atoms with Gasteiger partial charge < -0.3 is 14.8 Å². The van der Waals surface area contributed by atoms with Crippen molar-refractivity contribution in [2.24, 2.45) is 0 Å². The Kier molecular flexibility index (Phi) is 6.75. The van der Waals surface area contributed by atoms with Gasteiger partial charge in [-0.25, -0.2) is 9.59 Å². The number of esters is 2. The number of thiophene rings is 1. The molecule has 25 heavy (non-hydrogen) atoms. The van der Waals surface area contributed by atoms with Crippen molar-refractivity contribution in [3.05, 3.63) is 28.2 Å². The van der Waals surface area contributed by atoms with Crippen LogP contribution in [0, 0.1) is 0 Å². The van der Waals surface area contributed by atoms with Crippen LogP contribution in [0.1, 0.15) is 54.4 Å². The molecule has 0 radical (unpaired) electrons. The Morgan fingerprint density at radius 3 is 2.68 bits per heavy atom. The zero-order valence-corrected chi connectivity index (χ0v) is 15.5. The number of carbonyl (C=O) groups is 3. The van der Waals surface area contributed by atoms with Crippen molar-refractivity contribution >= 4 is 34.2 Å². The molecule has 0 aromatic carbocycles. The number of aryl methyl sites for hydroxylation is 1. The highest BCUT2D eigenvalue weighted by Crippen LogP contribution is 2.38. The maximum atomic E-state index is 12.4. The minimum absolute atomic E-state index is 0.272. The molecule has 1 aromatic heterocycles. The number of ether oxygens (including phenoxy) is 2. The quantitative estimate of drug-likeness (QED) is 0.618. The second-order valence-corrected chi connectivity index (χ2v) is 6.81. The summed E-state index contributed by atoms with van der Waals surface area (Å²) in [5, 5.41) is 3.21. The molecule has 0 bridgehead atoms. The van der Waals surface area contributed by atoms with Crippen molar-refractivity contribution in [3.8, 4) is 0 Å². The fraction of sp³-hybridized carbons (Fsp3) is 0.500. The zero-order valence-electron chi connectivity index (χ0n) is 14.7. The molecule has 6 nitrogen and oxygen atoms in total. The maximum Gasteiger partial charge on any atom is 0.341 e. The maximum absolute atomic E-state index is 12.4. The molecule has 1 N–H and O–H groups in total. The largest absolute Gasteiger partial charge is 0.462 e. The van der Waals surface area contributed by atoms with Gasteiger partial charge in [-0.2, -0.15) is 0 Å². The van der Waals surface area contributed by atoms with Crippen LogP contribution in [0.3, 0.4) is 0 Å². The minimum Gasteiger partial charge on any atom is -0.462 e. The lowest BCUT2D eigenvalue weighted by Crippen LogP contribution is -2.29. The summed E-state index contributed by atoms with van der Waals surface area (Å²) in [6.45, 7) is 5.20. The van der Waals surface area contributed by atoms with Crippen LogP contribution in [0.25, 0.3) is 0 Å². The summed E-state index contributed by atoms with van der Waals surface area (Å²) in [5.74, 6) is -1.47. The number of rotatable bonds is 6. The van der Waals surface area contributed by atoms with Crippen molar-refractivity contribution in [1.29, 1.82) is 0 Å². The van der Waals surface area contributed by atoms with Crippen molar-refractivity contribution in [1.82, 2.24) is 0 Å². The highest BCUT2D eigenvalue weighted by molar-refractivity contribution is 7.17. The Balaban J connectivity index is 2.20. The molecule has 1 aliphatic rings. The highest BCUT2D eigenvalue weighted by atomic mass is 32.1. The van der Waals surface area contributed by atoms with Gasteiger partial charge in [-0.3, -0.25) is 4.79 Å². The number of hydrogen-bond donors (Lipinski definition) is 1. The van der Waals surface area contributed by atoms with Crippen molar-refractivity contribution in [2.75, 3.05) is 11.9 Å². The zero-order chi connectivity index (χ0) is 18.4. The van der Waals surface area contributed by atoms with E-state index in [9.17, 15) is 14.4 Å². The second kappa shape index (κ2) is 8.80. The van der Waals surface area contributed by atoms with Gasteiger partial charge in [0, 0.05) is 11.0 Å². The molecule has 0 saturated carbocycles. The lowest BCUT2D eigenvalue weighted by Gasteiger charge is -2.13. The van der Waals surface area contributed by atoms with E-state index < -0.39 is 23.9 Å². The standard InChI is InChI=1S/C18H23NO5S/c1-4-8-14(20)24-11(3)16(21)19-17-15(18(22)23-5-2)12-9-6-7-10-13(12)25-17/h4,8,11H,5-7,9-10H2,1-3H3,(H,19,21)/b8-4-/t11-/m0/s1. The number of anilines is 1. The van der Waals surface area contributed by atoms with Gasteiger partial charge in [0.15, 0.2) is 6.10 Å². The van der Waals surface area contributed by atoms with Crippen LogP contribution in [0.5, 0.6) is 0 Å². The molecule has 0 spiro atoms. The summed E-state index contributed by atoms with van der Waals surface area (Å²) in [6, 6.07) is 0. The van der Waals surface area contributed by atoms with Gasteiger partial charge in [-0.05, 0) is 52.0 Å². The van der Waals surface area contributed by atoms with Gasteiger partial charge in [0.05, 0.1) is 12.2 Å². The van der Waals surface area contributed by atoms with Gasteiger partial charge >= 0.3 is 11.9 Å². The number of carbonyl (C=O) groups excluding carboxylic acids is 3. The first-order valence-electron chi connectivity index (χ1n) is 8.43. The summed E-state index contributed by atoms with van der Waals surface area (Å²) >= 11 is 1.40. The van der Waals surface area contributed by atoms with Crippen LogP contribution in [-0.2, 0) is 31.9 Å². The number of fused-ring (bicyclic) bond motifs is 1. The molecule has 1 atom stereocenters. The number of allylic oxidation sites excluding steroid dienone is 1. The van der Waals surface area contributed by atoms with Gasteiger partial charge in [-0.15, -0.1) is 11.3 Å². The van der Waals surface area contributed by atoms with Crippen molar-refractivity contribution in [2.45, 2.75) is 52.6 Å². The average molecular weight is 365 g/mol. The molecule has 1 amide bonds.